The zero-order valence-corrected chi connectivity index (χ0v) is 11.9. The van der Waals surface area contributed by atoms with Gasteiger partial charge in [0.1, 0.15) is 5.69 Å². The van der Waals surface area contributed by atoms with Crippen molar-refractivity contribution in [1.29, 1.82) is 0 Å². The van der Waals surface area contributed by atoms with Crippen LogP contribution in [-0.4, -0.2) is 41.5 Å². The van der Waals surface area contributed by atoms with Gasteiger partial charge in [-0.25, -0.2) is 0 Å². The smallest absolute Gasteiger partial charge is 0.270 e. The fourth-order valence-electron chi connectivity index (χ4n) is 2.58. The van der Waals surface area contributed by atoms with Gasteiger partial charge in [-0.2, -0.15) is 0 Å². The third kappa shape index (κ3) is 3.74. The van der Waals surface area contributed by atoms with E-state index in [9.17, 15) is 4.79 Å². The molecular weight excluding hydrogens is 262 g/mol. The number of rotatable bonds is 4. The molecule has 0 atom stereocenters. The van der Waals surface area contributed by atoms with Crippen LogP contribution in [0.25, 0.3) is 0 Å². The quantitative estimate of drug-likeness (QED) is 0.888. The van der Waals surface area contributed by atoms with E-state index >= 15 is 0 Å². The number of nitrogens with one attached hydrogen (secondary N) is 2. The normalized spacial score (nSPS) is 20.1. The van der Waals surface area contributed by atoms with E-state index in [1.54, 1.807) is 6.20 Å². The number of hydrogen-bond donors (Lipinski definition) is 2. The highest BCUT2D eigenvalue weighted by Gasteiger charge is 2.26. The van der Waals surface area contributed by atoms with Gasteiger partial charge in [0.15, 0.2) is 0 Å². The maximum Gasteiger partial charge on any atom is 0.270 e. The van der Waals surface area contributed by atoms with Crippen molar-refractivity contribution < 1.29 is 4.79 Å². The van der Waals surface area contributed by atoms with E-state index in [0.717, 1.165) is 31.8 Å². The van der Waals surface area contributed by atoms with E-state index in [1.165, 1.54) is 19.4 Å². The number of piperidine rings is 1. The average molecular weight is 284 g/mol. The highest BCUT2D eigenvalue weighted by atomic mass is 35.5. The van der Waals surface area contributed by atoms with Crippen molar-refractivity contribution in [3.63, 3.8) is 0 Å². The first-order valence-corrected chi connectivity index (χ1v) is 6.99. The maximum atomic E-state index is 12.1. The van der Waals surface area contributed by atoms with Crippen LogP contribution in [0.2, 0.25) is 0 Å². The third-order valence-corrected chi connectivity index (χ3v) is 4.00. The van der Waals surface area contributed by atoms with Crippen LogP contribution >= 0.6 is 12.4 Å². The van der Waals surface area contributed by atoms with Crippen LogP contribution in [0.15, 0.2) is 18.3 Å². The number of carbonyl (C=O) groups is 1. The van der Waals surface area contributed by atoms with Crippen LogP contribution in [0.1, 0.15) is 36.2 Å². The topological polar surface area (TPSA) is 48.1 Å². The molecule has 1 aliphatic carbocycles. The standard InChI is InChI=1S/C14H21N3O.ClH/c18-14(13-2-1-7-15-13)17-8-5-12(6-9-17)16-10-11-3-4-11;/h1-2,7,11-12,15-16H,3-6,8-10H2;1H. The Morgan fingerprint density at radius 1 is 1.32 bits per heavy atom. The lowest BCUT2D eigenvalue weighted by atomic mass is 10.0. The molecule has 1 aliphatic heterocycles. The summed E-state index contributed by atoms with van der Waals surface area (Å²) in [5.41, 5.74) is 0.708. The summed E-state index contributed by atoms with van der Waals surface area (Å²) in [5, 5.41) is 3.63. The van der Waals surface area contributed by atoms with Crippen molar-refractivity contribution >= 4 is 18.3 Å². The largest absolute Gasteiger partial charge is 0.357 e. The molecule has 2 heterocycles. The molecule has 1 saturated heterocycles. The van der Waals surface area contributed by atoms with Crippen LogP contribution in [0.4, 0.5) is 0 Å². The predicted molar refractivity (Wildman–Crippen MR) is 77.7 cm³/mol. The summed E-state index contributed by atoms with van der Waals surface area (Å²) < 4.78 is 0. The molecule has 5 heteroatoms. The second-order valence-corrected chi connectivity index (χ2v) is 5.50. The number of carbonyl (C=O) groups excluding carboxylic acids is 1. The molecule has 2 fully saturated rings. The molecule has 2 N–H and O–H groups in total. The number of amides is 1. The monoisotopic (exact) mass is 283 g/mol. The fourth-order valence-corrected chi connectivity index (χ4v) is 2.58. The Morgan fingerprint density at radius 2 is 2.05 bits per heavy atom. The molecule has 4 nitrogen and oxygen atoms in total. The van der Waals surface area contributed by atoms with Crippen molar-refractivity contribution in [3.05, 3.63) is 24.0 Å². The minimum Gasteiger partial charge on any atom is -0.357 e. The first-order chi connectivity index (χ1) is 8.83. The van der Waals surface area contributed by atoms with Crippen molar-refractivity contribution in [2.45, 2.75) is 31.7 Å². The third-order valence-electron chi connectivity index (χ3n) is 4.00. The van der Waals surface area contributed by atoms with Gasteiger partial charge in [-0.05, 0) is 50.3 Å². The van der Waals surface area contributed by atoms with E-state index in [4.69, 9.17) is 0 Å². The van der Waals surface area contributed by atoms with Crippen LogP contribution < -0.4 is 5.32 Å². The van der Waals surface area contributed by atoms with Gasteiger partial charge < -0.3 is 15.2 Å². The average Bonchev–Trinajstić information content (AvgIpc) is 3.08. The predicted octanol–water partition coefficient (Wildman–Crippen LogP) is 2.04. The van der Waals surface area contributed by atoms with Crippen molar-refractivity contribution in [2.24, 2.45) is 5.92 Å². The highest BCUT2D eigenvalue weighted by molar-refractivity contribution is 5.92. The number of aromatic nitrogens is 1. The number of hydrogen-bond acceptors (Lipinski definition) is 2. The summed E-state index contributed by atoms with van der Waals surface area (Å²) in [5.74, 6) is 1.07. The van der Waals surface area contributed by atoms with Gasteiger partial charge in [0, 0.05) is 25.3 Å². The molecule has 0 bridgehead atoms. The summed E-state index contributed by atoms with van der Waals surface area (Å²) in [6.07, 6.45) is 6.77. The molecule has 3 rings (SSSR count). The molecule has 2 aliphatic rings. The number of aromatic amines is 1. The number of nitrogens with zero attached hydrogens (tertiary/aromatic N) is 1. The van der Waals surface area contributed by atoms with Gasteiger partial charge in [-0.3, -0.25) is 4.79 Å². The second kappa shape index (κ2) is 6.44. The van der Waals surface area contributed by atoms with E-state index in [0.29, 0.717) is 11.7 Å². The summed E-state index contributed by atoms with van der Waals surface area (Å²) >= 11 is 0. The van der Waals surface area contributed by atoms with Crippen molar-refractivity contribution in [3.8, 4) is 0 Å². The Morgan fingerprint density at radius 3 is 2.63 bits per heavy atom. The Bertz CT molecular complexity index is 395. The highest BCUT2D eigenvalue weighted by Crippen LogP contribution is 2.28. The SMILES string of the molecule is Cl.O=C(c1ccc[nH]1)N1CCC(NCC2CC2)CC1. The summed E-state index contributed by atoms with van der Waals surface area (Å²) in [4.78, 5) is 17.1. The Hall–Kier alpha value is -1.00. The van der Waals surface area contributed by atoms with E-state index in [2.05, 4.69) is 10.3 Å². The summed E-state index contributed by atoms with van der Waals surface area (Å²) in [6.45, 7) is 2.93. The molecule has 1 aromatic heterocycles. The number of halogens is 1. The lowest BCUT2D eigenvalue weighted by Gasteiger charge is -2.32. The van der Waals surface area contributed by atoms with E-state index < -0.39 is 0 Å². The number of H-pyrrole nitrogens is 1. The zero-order chi connectivity index (χ0) is 12.4. The molecule has 0 radical (unpaired) electrons. The molecular formula is C14H22ClN3O. The van der Waals surface area contributed by atoms with Crippen LogP contribution in [0.5, 0.6) is 0 Å². The first-order valence-electron chi connectivity index (χ1n) is 6.99. The molecule has 19 heavy (non-hydrogen) atoms. The van der Waals surface area contributed by atoms with Crippen LogP contribution in [-0.2, 0) is 0 Å². The molecule has 1 amide bonds. The Labute approximate surface area is 120 Å². The molecule has 0 spiro atoms. The second-order valence-electron chi connectivity index (χ2n) is 5.50. The Balaban J connectivity index is 0.00000133. The molecule has 1 aromatic rings. The number of likely N-dealkylation sites (tertiary alicyclic amines) is 1. The molecule has 0 unspecified atom stereocenters. The van der Waals surface area contributed by atoms with Gasteiger partial charge in [0.25, 0.3) is 5.91 Å². The van der Waals surface area contributed by atoms with Crippen molar-refractivity contribution in [2.75, 3.05) is 19.6 Å². The van der Waals surface area contributed by atoms with Crippen LogP contribution in [0, 0.1) is 5.92 Å². The van der Waals surface area contributed by atoms with Gasteiger partial charge in [-0.15, -0.1) is 12.4 Å². The maximum absolute atomic E-state index is 12.1. The summed E-state index contributed by atoms with van der Waals surface area (Å²) in [7, 11) is 0. The van der Waals surface area contributed by atoms with E-state index in [-0.39, 0.29) is 18.3 Å². The lowest BCUT2D eigenvalue weighted by Crippen LogP contribution is -2.45. The van der Waals surface area contributed by atoms with Crippen LogP contribution in [0.3, 0.4) is 0 Å². The first kappa shape index (κ1) is 14.4. The van der Waals surface area contributed by atoms with Gasteiger partial charge in [0.2, 0.25) is 0 Å². The zero-order valence-electron chi connectivity index (χ0n) is 11.1. The molecule has 0 aromatic carbocycles. The van der Waals surface area contributed by atoms with Crippen molar-refractivity contribution in [1.82, 2.24) is 15.2 Å². The van der Waals surface area contributed by atoms with E-state index in [1.807, 2.05) is 17.0 Å². The molecule has 106 valence electrons. The van der Waals surface area contributed by atoms with Gasteiger partial charge in [-0.1, -0.05) is 0 Å². The Kier molecular flexibility index (Phi) is 4.88. The van der Waals surface area contributed by atoms with Gasteiger partial charge >= 0.3 is 0 Å². The molecule has 1 saturated carbocycles. The minimum absolute atomic E-state index is 0. The lowest BCUT2D eigenvalue weighted by molar-refractivity contribution is 0.0699. The minimum atomic E-state index is 0. The van der Waals surface area contributed by atoms with Gasteiger partial charge in [0.05, 0.1) is 0 Å². The summed E-state index contributed by atoms with van der Waals surface area (Å²) in [6, 6.07) is 4.33. The fraction of sp³-hybridized carbons (Fsp3) is 0.643.